The van der Waals surface area contributed by atoms with E-state index in [1.165, 1.54) is 25.3 Å². The molecule has 4 rings (SSSR count). The zero-order chi connectivity index (χ0) is 19.2. The first-order valence-corrected chi connectivity index (χ1v) is 8.27. The molecule has 7 heteroatoms. The quantitative estimate of drug-likeness (QED) is 0.554. The minimum atomic E-state index is -0.597. The Balaban J connectivity index is 0.000000156. The number of aryl methyl sites for hydroxylation is 2. The maximum Gasteiger partial charge on any atom is 0.181 e. The van der Waals surface area contributed by atoms with Crippen molar-refractivity contribution in [2.75, 3.05) is 0 Å². The highest BCUT2D eigenvalue weighted by molar-refractivity contribution is 5.75. The van der Waals surface area contributed by atoms with Gasteiger partial charge in [-0.15, -0.1) is 0 Å². The standard InChI is InChI=1S/C10H11NO3.C10H9NO2/c1-7-10(14-6-11-7)4-9(12)8-2-3-13-5-8;1-7(9-3-4-12-5-9)10-8(2)11-6-13-10/h2-3,5-6,9,12H,4H2,1H3;3-6H,1H2,2H3. The molecule has 0 bridgehead atoms. The Hall–Kier alpha value is -3.32. The molecular weight excluding hydrogens is 348 g/mol. The second kappa shape index (κ2) is 8.37. The van der Waals surface area contributed by atoms with E-state index in [4.69, 9.17) is 17.7 Å². The fraction of sp³-hybridized carbons (Fsp3) is 0.200. The molecule has 0 aromatic carbocycles. The molecule has 1 N–H and O–H groups in total. The Kier molecular flexibility index (Phi) is 5.73. The van der Waals surface area contributed by atoms with Gasteiger partial charge in [-0.2, -0.15) is 0 Å². The van der Waals surface area contributed by atoms with Crippen molar-refractivity contribution < 1.29 is 22.8 Å². The van der Waals surface area contributed by atoms with Gasteiger partial charge in [-0.25, -0.2) is 9.97 Å². The van der Waals surface area contributed by atoms with Crippen LogP contribution in [0.3, 0.4) is 0 Å². The van der Waals surface area contributed by atoms with E-state index in [1.807, 2.05) is 19.9 Å². The van der Waals surface area contributed by atoms with Crippen LogP contribution >= 0.6 is 0 Å². The van der Waals surface area contributed by atoms with E-state index in [2.05, 4.69) is 16.5 Å². The van der Waals surface area contributed by atoms with Crippen LogP contribution in [0.2, 0.25) is 0 Å². The number of hydrogen-bond donors (Lipinski definition) is 1. The van der Waals surface area contributed by atoms with Gasteiger partial charge >= 0.3 is 0 Å². The first kappa shape index (κ1) is 18.5. The largest absolute Gasteiger partial charge is 0.472 e. The number of rotatable bonds is 5. The van der Waals surface area contributed by atoms with Gasteiger partial charge in [-0.1, -0.05) is 6.58 Å². The van der Waals surface area contributed by atoms with E-state index >= 15 is 0 Å². The number of nitrogens with zero attached hydrogens (tertiary/aromatic N) is 2. The molecule has 7 nitrogen and oxygen atoms in total. The van der Waals surface area contributed by atoms with Crippen molar-refractivity contribution in [3.05, 3.63) is 90.6 Å². The molecule has 1 atom stereocenters. The Morgan fingerprint density at radius 2 is 1.74 bits per heavy atom. The average molecular weight is 368 g/mol. The fourth-order valence-electron chi connectivity index (χ4n) is 2.44. The van der Waals surface area contributed by atoms with Crippen molar-refractivity contribution in [2.24, 2.45) is 0 Å². The topological polar surface area (TPSA) is 98.6 Å². The van der Waals surface area contributed by atoms with Gasteiger partial charge < -0.3 is 22.8 Å². The highest BCUT2D eigenvalue weighted by Gasteiger charge is 2.14. The molecule has 0 radical (unpaired) electrons. The van der Waals surface area contributed by atoms with Gasteiger partial charge in [0.05, 0.1) is 42.5 Å². The van der Waals surface area contributed by atoms with Gasteiger partial charge in [0, 0.05) is 23.1 Å². The second-order valence-corrected chi connectivity index (χ2v) is 5.90. The summed E-state index contributed by atoms with van der Waals surface area (Å²) in [6.45, 7) is 7.63. The number of aliphatic hydroxyl groups is 1. The average Bonchev–Trinajstić information content (AvgIpc) is 3.45. The monoisotopic (exact) mass is 368 g/mol. The number of furan rings is 2. The summed E-state index contributed by atoms with van der Waals surface area (Å²) in [5.41, 5.74) is 4.11. The predicted molar refractivity (Wildman–Crippen MR) is 96.7 cm³/mol. The van der Waals surface area contributed by atoms with Gasteiger partial charge in [0.1, 0.15) is 5.76 Å². The molecule has 0 aliphatic carbocycles. The molecule has 0 spiro atoms. The van der Waals surface area contributed by atoms with Crippen molar-refractivity contribution in [1.82, 2.24) is 9.97 Å². The summed E-state index contributed by atoms with van der Waals surface area (Å²) in [4.78, 5) is 7.94. The van der Waals surface area contributed by atoms with Gasteiger partial charge in [0.25, 0.3) is 0 Å². The molecule has 4 aromatic rings. The SMILES string of the molecule is C=C(c1ccoc1)c1ocnc1C.Cc1ncoc1CC(O)c1ccoc1. The van der Waals surface area contributed by atoms with E-state index < -0.39 is 6.10 Å². The van der Waals surface area contributed by atoms with Crippen LogP contribution < -0.4 is 0 Å². The molecule has 0 aliphatic heterocycles. The number of aliphatic hydroxyl groups excluding tert-OH is 1. The van der Waals surface area contributed by atoms with Crippen LogP contribution in [0.15, 0.2) is 74.2 Å². The Bertz CT molecular complexity index is 964. The first-order chi connectivity index (χ1) is 13.1. The summed E-state index contributed by atoms with van der Waals surface area (Å²) < 4.78 is 20.2. The van der Waals surface area contributed by atoms with Crippen LogP contribution in [0.5, 0.6) is 0 Å². The lowest BCUT2D eigenvalue weighted by molar-refractivity contribution is 0.169. The number of oxazole rings is 2. The number of aromatic nitrogens is 2. The molecule has 0 saturated heterocycles. The van der Waals surface area contributed by atoms with Gasteiger partial charge in [-0.05, 0) is 26.0 Å². The Morgan fingerprint density at radius 3 is 2.30 bits per heavy atom. The summed E-state index contributed by atoms with van der Waals surface area (Å²) >= 11 is 0. The van der Waals surface area contributed by atoms with Crippen LogP contribution in [0.4, 0.5) is 0 Å². The summed E-state index contributed by atoms with van der Waals surface area (Å²) in [5, 5.41) is 9.76. The first-order valence-electron chi connectivity index (χ1n) is 8.27. The highest BCUT2D eigenvalue weighted by atomic mass is 16.3. The summed E-state index contributed by atoms with van der Waals surface area (Å²) in [6, 6.07) is 3.57. The molecule has 4 heterocycles. The van der Waals surface area contributed by atoms with Crippen molar-refractivity contribution in [3.8, 4) is 0 Å². The lowest BCUT2D eigenvalue weighted by atomic mass is 10.1. The molecular formula is C20H20N2O5. The van der Waals surface area contributed by atoms with Crippen LogP contribution in [-0.4, -0.2) is 15.1 Å². The summed E-state index contributed by atoms with van der Waals surface area (Å²) in [5.74, 6) is 1.42. The normalized spacial score (nSPS) is 11.7. The Labute approximate surface area is 156 Å². The summed E-state index contributed by atoms with van der Waals surface area (Å²) in [7, 11) is 0. The maximum atomic E-state index is 9.76. The zero-order valence-corrected chi connectivity index (χ0v) is 15.1. The van der Waals surface area contributed by atoms with Gasteiger partial charge in [0.15, 0.2) is 18.5 Å². The Morgan fingerprint density at radius 1 is 1.04 bits per heavy atom. The van der Waals surface area contributed by atoms with E-state index in [9.17, 15) is 5.11 Å². The van der Waals surface area contributed by atoms with Crippen LogP contribution in [-0.2, 0) is 6.42 Å². The molecule has 0 amide bonds. The number of hydrogen-bond acceptors (Lipinski definition) is 7. The maximum absolute atomic E-state index is 9.76. The molecule has 0 fully saturated rings. The van der Waals surface area contributed by atoms with Crippen molar-refractivity contribution in [1.29, 1.82) is 0 Å². The van der Waals surface area contributed by atoms with Gasteiger partial charge in [-0.3, -0.25) is 0 Å². The molecule has 0 saturated carbocycles. The molecule has 27 heavy (non-hydrogen) atoms. The van der Waals surface area contributed by atoms with Crippen molar-refractivity contribution >= 4 is 5.57 Å². The zero-order valence-electron chi connectivity index (χ0n) is 15.1. The minimum Gasteiger partial charge on any atom is -0.472 e. The van der Waals surface area contributed by atoms with Crippen LogP contribution in [0.25, 0.3) is 5.57 Å². The third-order valence-corrected chi connectivity index (χ3v) is 4.04. The highest BCUT2D eigenvalue weighted by Crippen LogP contribution is 2.23. The third kappa shape index (κ3) is 4.45. The van der Waals surface area contributed by atoms with E-state index in [-0.39, 0.29) is 0 Å². The lowest BCUT2D eigenvalue weighted by Crippen LogP contribution is -2.00. The molecule has 140 valence electrons. The summed E-state index contributed by atoms with van der Waals surface area (Å²) in [6.07, 6.45) is 8.91. The lowest BCUT2D eigenvalue weighted by Gasteiger charge is -2.05. The second-order valence-electron chi connectivity index (χ2n) is 5.90. The van der Waals surface area contributed by atoms with E-state index in [0.717, 1.165) is 28.1 Å². The predicted octanol–water partition coefficient (Wildman–Crippen LogP) is 4.49. The van der Waals surface area contributed by atoms with E-state index in [1.54, 1.807) is 18.6 Å². The van der Waals surface area contributed by atoms with Crippen molar-refractivity contribution in [2.45, 2.75) is 26.4 Å². The third-order valence-electron chi connectivity index (χ3n) is 4.04. The smallest absolute Gasteiger partial charge is 0.181 e. The molecule has 4 aromatic heterocycles. The van der Waals surface area contributed by atoms with Gasteiger partial charge in [0.2, 0.25) is 0 Å². The molecule has 0 aliphatic rings. The minimum absolute atomic E-state index is 0.422. The fourth-order valence-corrected chi connectivity index (χ4v) is 2.44. The van der Waals surface area contributed by atoms with Crippen LogP contribution in [0.1, 0.15) is 40.1 Å². The molecule has 1 unspecified atom stereocenters. The van der Waals surface area contributed by atoms with Crippen LogP contribution in [0, 0.1) is 13.8 Å². The van der Waals surface area contributed by atoms with E-state index in [0.29, 0.717) is 17.9 Å². The van der Waals surface area contributed by atoms with Crippen molar-refractivity contribution in [3.63, 3.8) is 0 Å².